The summed E-state index contributed by atoms with van der Waals surface area (Å²) in [6, 6.07) is 11.1. The van der Waals surface area contributed by atoms with Gasteiger partial charge in [0.2, 0.25) is 5.43 Å². The third-order valence-electron chi connectivity index (χ3n) is 4.60. The molecular weight excluding hydrogens is 373 g/mol. The molecule has 1 heterocycles. The van der Waals surface area contributed by atoms with Gasteiger partial charge in [-0.05, 0) is 23.6 Å². The average molecular weight is 386 g/mol. The van der Waals surface area contributed by atoms with Crippen molar-refractivity contribution in [2.45, 2.75) is 6.18 Å². The Balaban J connectivity index is 2.14. The number of hydrogen-bond donors (Lipinski definition) is 1. The summed E-state index contributed by atoms with van der Waals surface area (Å²) >= 11 is 0. The molecule has 1 aromatic heterocycles. The summed E-state index contributed by atoms with van der Waals surface area (Å²) in [5.41, 5.74) is -2.00. The molecular formula is C21H13F3O4. The van der Waals surface area contributed by atoms with Gasteiger partial charge in [0.15, 0.2) is 11.5 Å². The molecule has 4 aromatic rings. The molecule has 4 nitrogen and oxygen atoms in total. The topological polar surface area (TPSA) is 59.7 Å². The monoisotopic (exact) mass is 386 g/mol. The van der Waals surface area contributed by atoms with Gasteiger partial charge in [-0.1, -0.05) is 30.3 Å². The van der Waals surface area contributed by atoms with Crippen molar-refractivity contribution in [3.8, 4) is 22.6 Å². The van der Waals surface area contributed by atoms with Gasteiger partial charge in [-0.3, -0.25) is 4.79 Å². The number of alkyl halides is 3. The Morgan fingerprint density at radius 3 is 2.39 bits per heavy atom. The van der Waals surface area contributed by atoms with E-state index in [2.05, 4.69) is 0 Å². The second kappa shape index (κ2) is 6.30. The van der Waals surface area contributed by atoms with Gasteiger partial charge in [-0.15, -0.1) is 0 Å². The van der Waals surface area contributed by atoms with Crippen LogP contribution in [0.15, 0.2) is 64.0 Å². The van der Waals surface area contributed by atoms with Crippen LogP contribution in [0.4, 0.5) is 13.2 Å². The maximum atomic E-state index is 13.4. The highest BCUT2D eigenvalue weighted by molar-refractivity contribution is 6.10. The lowest BCUT2D eigenvalue weighted by molar-refractivity contribution is -0.137. The van der Waals surface area contributed by atoms with Crippen LogP contribution in [0.3, 0.4) is 0 Å². The Morgan fingerprint density at radius 1 is 0.964 bits per heavy atom. The number of methoxy groups -OCH3 is 1. The molecule has 0 spiro atoms. The third-order valence-corrected chi connectivity index (χ3v) is 4.60. The summed E-state index contributed by atoms with van der Waals surface area (Å²) in [5.74, 6) is -0.139. The van der Waals surface area contributed by atoms with E-state index in [0.717, 1.165) is 12.3 Å². The summed E-state index contributed by atoms with van der Waals surface area (Å²) in [7, 11) is 1.36. The number of phenolic OH excluding ortho intramolecular Hbond substituents is 1. The molecule has 28 heavy (non-hydrogen) atoms. The second-order valence-electron chi connectivity index (χ2n) is 6.18. The highest BCUT2D eigenvalue weighted by atomic mass is 19.4. The minimum atomic E-state index is -4.64. The van der Waals surface area contributed by atoms with E-state index in [4.69, 9.17) is 9.15 Å². The first kappa shape index (κ1) is 17.9. The number of halogens is 3. The maximum absolute atomic E-state index is 13.4. The Bertz CT molecular complexity index is 1270. The van der Waals surface area contributed by atoms with Crippen LogP contribution < -0.4 is 10.2 Å². The molecule has 0 fully saturated rings. The number of hydrogen-bond acceptors (Lipinski definition) is 4. The summed E-state index contributed by atoms with van der Waals surface area (Å²) in [6.07, 6.45) is -3.62. The van der Waals surface area contributed by atoms with Crippen molar-refractivity contribution >= 4 is 21.7 Å². The van der Waals surface area contributed by atoms with Gasteiger partial charge in [-0.2, -0.15) is 13.2 Å². The zero-order valence-corrected chi connectivity index (χ0v) is 14.5. The molecule has 0 aliphatic rings. The van der Waals surface area contributed by atoms with E-state index in [1.54, 1.807) is 12.1 Å². The average Bonchev–Trinajstić information content (AvgIpc) is 2.67. The molecule has 0 aliphatic heterocycles. The Morgan fingerprint density at radius 2 is 1.68 bits per heavy atom. The molecule has 1 N–H and O–H groups in total. The lowest BCUT2D eigenvalue weighted by atomic mass is 9.97. The van der Waals surface area contributed by atoms with Crippen molar-refractivity contribution in [1.82, 2.24) is 0 Å². The smallest absolute Gasteiger partial charge is 0.417 e. The lowest BCUT2D eigenvalue weighted by Crippen LogP contribution is -2.11. The minimum absolute atomic E-state index is 0.0108. The standard InChI is InChI=1S/C21H13F3O4/c1-27-16-9-7-11-6-8-15-18(17(11)20(16)26)19(25)13(10-28-15)12-4-2-3-5-14(12)21(22,23)24/h2-10,26H,1H3. The molecule has 0 saturated carbocycles. The van der Waals surface area contributed by atoms with Crippen LogP contribution in [-0.4, -0.2) is 12.2 Å². The Hall–Kier alpha value is -3.48. The summed E-state index contributed by atoms with van der Waals surface area (Å²) in [4.78, 5) is 13.2. The van der Waals surface area contributed by atoms with Crippen molar-refractivity contribution in [2.24, 2.45) is 0 Å². The molecule has 0 saturated heterocycles. The van der Waals surface area contributed by atoms with Gasteiger partial charge in [0, 0.05) is 10.9 Å². The van der Waals surface area contributed by atoms with Gasteiger partial charge in [-0.25, -0.2) is 0 Å². The molecule has 3 aromatic carbocycles. The van der Waals surface area contributed by atoms with Crippen LogP contribution in [0, 0.1) is 0 Å². The SMILES string of the molecule is COc1ccc2ccc3occ(-c4ccccc4C(F)(F)F)c(=O)c3c2c1O. The molecule has 0 unspecified atom stereocenters. The predicted octanol–water partition coefficient (Wildman–Crippen LogP) is 5.35. The van der Waals surface area contributed by atoms with Crippen LogP contribution in [-0.2, 0) is 6.18 Å². The van der Waals surface area contributed by atoms with Crippen molar-refractivity contribution < 1.29 is 27.4 Å². The van der Waals surface area contributed by atoms with Gasteiger partial charge < -0.3 is 14.3 Å². The van der Waals surface area contributed by atoms with Crippen molar-refractivity contribution in [1.29, 1.82) is 0 Å². The van der Waals surface area contributed by atoms with E-state index in [1.807, 2.05) is 0 Å². The van der Waals surface area contributed by atoms with E-state index in [0.29, 0.717) is 5.39 Å². The minimum Gasteiger partial charge on any atom is -0.504 e. The van der Waals surface area contributed by atoms with Gasteiger partial charge in [0.05, 0.1) is 23.6 Å². The molecule has 7 heteroatoms. The molecule has 0 aliphatic carbocycles. The largest absolute Gasteiger partial charge is 0.504 e. The number of phenols is 1. The lowest BCUT2D eigenvalue weighted by Gasteiger charge is -2.13. The third kappa shape index (κ3) is 2.67. The van der Waals surface area contributed by atoms with Crippen LogP contribution >= 0.6 is 0 Å². The highest BCUT2D eigenvalue weighted by Gasteiger charge is 2.34. The van der Waals surface area contributed by atoms with E-state index in [9.17, 15) is 23.1 Å². The second-order valence-corrected chi connectivity index (χ2v) is 6.18. The quantitative estimate of drug-likeness (QED) is 0.472. The Labute approximate surface area is 156 Å². The van der Waals surface area contributed by atoms with Crippen molar-refractivity contribution in [2.75, 3.05) is 7.11 Å². The van der Waals surface area contributed by atoms with Crippen LogP contribution in [0.5, 0.6) is 11.5 Å². The maximum Gasteiger partial charge on any atom is 0.417 e. The first-order chi connectivity index (χ1) is 13.3. The van der Waals surface area contributed by atoms with Gasteiger partial charge in [0.1, 0.15) is 11.8 Å². The summed E-state index contributed by atoms with van der Waals surface area (Å²) < 4.78 is 50.8. The Kier molecular flexibility index (Phi) is 4.03. The normalized spacial score (nSPS) is 11.9. The number of ether oxygens (including phenoxy) is 1. The summed E-state index contributed by atoms with van der Waals surface area (Å²) in [6.45, 7) is 0. The number of rotatable bonds is 2. The molecule has 0 atom stereocenters. The van der Waals surface area contributed by atoms with Crippen LogP contribution in [0.25, 0.3) is 32.9 Å². The van der Waals surface area contributed by atoms with Crippen LogP contribution in [0.1, 0.15) is 5.56 Å². The highest BCUT2D eigenvalue weighted by Crippen LogP contribution is 2.40. The van der Waals surface area contributed by atoms with Crippen LogP contribution in [0.2, 0.25) is 0 Å². The zero-order valence-electron chi connectivity index (χ0n) is 14.5. The number of benzene rings is 3. The fourth-order valence-corrected chi connectivity index (χ4v) is 3.31. The fourth-order valence-electron chi connectivity index (χ4n) is 3.31. The van der Waals surface area contributed by atoms with E-state index >= 15 is 0 Å². The van der Waals surface area contributed by atoms with Crippen molar-refractivity contribution in [3.05, 3.63) is 70.6 Å². The fraction of sp³-hybridized carbons (Fsp3) is 0.0952. The van der Waals surface area contributed by atoms with E-state index < -0.39 is 17.2 Å². The summed E-state index contributed by atoms with van der Waals surface area (Å²) in [5, 5.41) is 11.2. The first-order valence-electron chi connectivity index (χ1n) is 8.23. The number of fused-ring (bicyclic) bond motifs is 3. The number of aromatic hydroxyl groups is 1. The molecule has 0 radical (unpaired) electrons. The molecule has 4 rings (SSSR count). The van der Waals surface area contributed by atoms with Crippen molar-refractivity contribution in [3.63, 3.8) is 0 Å². The predicted molar refractivity (Wildman–Crippen MR) is 98.6 cm³/mol. The van der Waals surface area contributed by atoms with Gasteiger partial charge >= 0.3 is 6.18 Å². The first-order valence-corrected chi connectivity index (χ1v) is 8.23. The van der Waals surface area contributed by atoms with E-state index in [-0.39, 0.29) is 39.0 Å². The van der Waals surface area contributed by atoms with E-state index in [1.165, 1.54) is 37.4 Å². The molecule has 142 valence electrons. The molecule has 0 amide bonds. The van der Waals surface area contributed by atoms with Gasteiger partial charge in [0.25, 0.3) is 0 Å². The zero-order chi connectivity index (χ0) is 20.1. The molecule has 0 bridgehead atoms.